The maximum Gasteiger partial charge on any atom is 0.573 e. The fourth-order valence-corrected chi connectivity index (χ4v) is 1.97. The van der Waals surface area contributed by atoms with E-state index in [9.17, 15) is 18.0 Å². The van der Waals surface area contributed by atoms with Crippen LogP contribution in [0.3, 0.4) is 0 Å². The third kappa shape index (κ3) is 3.42. The molecule has 0 aliphatic rings. The average molecular weight is 298 g/mol. The largest absolute Gasteiger partial charge is 0.573 e. The maximum atomic E-state index is 12.2. The van der Waals surface area contributed by atoms with E-state index in [1.165, 1.54) is 12.1 Å². The number of halogens is 3. The zero-order valence-corrected chi connectivity index (χ0v) is 11.4. The van der Waals surface area contributed by atoms with E-state index >= 15 is 0 Å². The van der Waals surface area contributed by atoms with Gasteiger partial charge in [-0.1, -0.05) is 0 Å². The molecule has 1 heterocycles. The van der Waals surface area contributed by atoms with Crippen LogP contribution in [0.25, 0.3) is 11.3 Å². The highest BCUT2D eigenvalue weighted by molar-refractivity contribution is 5.82. The minimum atomic E-state index is -4.83. The number of hydrogen-bond donors (Lipinski definition) is 0. The predicted octanol–water partition coefficient (Wildman–Crippen LogP) is 3.84. The Kier molecular flexibility index (Phi) is 4.02. The number of ether oxygens (including phenoxy) is 1. The van der Waals surface area contributed by atoms with Crippen LogP contribution in [0.15, 0.2) is 30.5 Å². The van der Waals surface area contributed by atoms with Crippen molar-refractivity contribution in [1.82, 2.24) is 9.78 Å². The van der Waals surface area contributed by atoms with E-state index in [0.29, 0.717) is 17.5 Å². The molecular weight excluding hydrogens is 285 g/mol. The smallest absolute Gasteiger partial charge is 0.405 e. The summed E-state index contributed by atoms with van der Waals surface area (Å²) in [6.45, 7) is 3.86. The molecule has 0 unspecified atom stereocenters. The summed E-state index contributed by atoms with van der Waals surface area (Å²) >= 11 is 0. The van der Waals surface area contributed by atoms with Crippen molar-refractivity contribution in [2.24, 2.45) is 0 Å². The Bertz CT molecular complexity index is 648. The number of carbonyl (C=O) groups excluding carboxylic acids is 1. The maximum absolute atomic E-state index is 12.2. The average Bonchev–Trinajstić information content (AvgIpc) is 2.86. The molecule has 0 radical (unpaired) electrons. The SMILES string of the molecule is CC(C)n1nccc1-c1ccc(OC(F)(F)F)c(C=O)c1. The lowest BCUT2D eigenvalue weighted by molar-refractivity contribution is -0.274. The summed E-state index contributed by atoms with van der Waals surface area (Å²) in [7, 11) is 0. The Morgan fingerprint density at radius 3 is 2.57 bits per heavy atom. The number of rotatable bonds is 4. The van der Waals surface area contributed by atoms with E-state index in [4.69, 9.17) is 0 Å². The third-order valence-electron chi connectivity index (χ3n) is 2.82. The van der Waals surface area contributed by atoms with Gasteiger partial charge in [-0.25, -0.2) is 0 Å². The van der Waals surface area contributed by atoms with E-state index in [0.717, 1.165) is 6.07 Å². The van der Waals surface area contributed by atoms with Gasteiger partial charge in [-0.2, -0.15) is 5.10 Å². The molecule has 0 bridgehead atoms. The van der Waals surface area contributed by atoms with Gasteiger partial charge in [0.25, 0.3) is 0 Å². The molecule has 2 rings (SSSR count). The highest BCUT2D eigenvalue weighted by Crippen LogP contribution is 2.30. The summed E-state index contributed by atoms with van der Waals surface area (Å²) in [5, 5.41) is 4.15. The molecule has 7 heteroatoms. The third-order valence-corrected chi connectivity index (χ3v) is 2.82. The van der Waals surface area contributed by atoms with E-state index in [-0.39, 0.29) is 11.6 Å². The lowest BCUT2D eigenvalue weighted by Crippen LogP contribution is -2.18. The van der Waals surface area contributed by atoms with E-state index in [1.54, 1.807) is 16.9 Å². The number of nitrogens with zero attached hydrogens (tertiary/aromatic N) is 2. The molecule has 0 saturated carbocycles. The summed E-state index contributed by atoms with van der Waals surface area (Å²) in [6.07, 6.45) is -2.91. The van der Waals surface area contributed by atoms with Gasteiger partial charge in [-0.05, 0) is 38.1 Å². The lowest BCUT2D eigenvalue weighted by atomic mass is 10.1. The molecule has 0 fully saturated rings. The van der Waals surface area contributed by atoms with Crippen molar-refractivity contribution in [3.8, 4) is 17.0 Å². The number of aromatic nitrogens is 2. The number of aldehydes is 1. The molecule has 0 spiro atoms. The molecule has 0 saturated heterocycles. The molecule has 0 N–H and O–H groups in total. The number of hydrogen-bond acceptors (Lipinski definition) is 3. The van der Waals surface area contributed by atoms with E-state index in [2.05, 4.69) is 9.84 Å². The molecule has 0 amide bonds. The molecular formula is C14H13F3N2O2. The van der Waals surface area contributed by atoms with Crippen LogP contribution < -0.4 is 4.74 Å². The second-order valence-electron chi connectivity index (χ2n) is 4.67. The van der Waals surface area contributed by atoms with Crippen LogP contribution in [-0.2, 0) is 0 Å². The van der Waals surface area contributed by atoms with Gasteiger partial charge in [0, 0.05) is 17.8 Å². The second kappa shape index (κ2) is 5.59. The fourth-order valence-electron chi connectivity index (χ4n) is 1.97. The van der Waals surface area contributed by atoms with Crippen LogP contribution in [0.2, 0.25) is 0 Å². The van der Waals surface area contributed by atoms with E-state index < -0.39 is 12.1 Å². The minimum Gasteiger partial charge on any atom is -0.405 e. The summed E-state index contributed by atoms with van der Waals surface area (Å²) < 4.78 is 42.3. The first-order valence-electron chi connectivity index (χ1n) is 6.20. The quantitative estimate of drug-likeness (QED) is 0.805. The molecule has 1 aromatic carbocycles. The number of carbonyl (C=O) groups is 1. The summed E-state index contributed by atoms with van der Waals surface area (Å²) in [4.78, 5) is 11.0. The topological polar surface area (TPSA) is 44.1 Å². The summed E-state index contributed by atoms with van der Waals surface area (Å²) in [6, 6.07) is 5.76. The van der Waals surface area contributed by atoms with Gasteiger partial charge in [0.2, 0.25) is 0 Å². The normalized spacial score (nSPS) is 11.7. The van der Waals surface area contributed by atoms with Gasteiger partial charge in [0.1, 0.15) is 5.75 Å². The van der Waals surface area contributed by atoms with E-state index in [1.807, 2.05) is 13.8 Å². The van der Waals surface area contributed by atoms with Crippen molar-refractivity contribution < 1.29 is 22.7 Å². The molecule has 4 nitrogen and oxygen atoms in total. The molecule has 2 aromatic rings. The number of benzene rings is 1. The van der Waals surface area contributed by atoms with Gasteiger partial charge < -0.3 is 4.74 Å². The van der Waals surface area contributed by atoms with Crippen LogP contribution in [0, 0.1) is 0 Å². The second-order valence-corrected chi connectivity index (χ2v) is 4.67. The fraction of sp³-hybridized carbons (Fsp3) is 0.286. The van der Waals surface area contributed by atoms with Crippen LogP contribution in [0.1, 0.15) is 30.2 Å². The Morgan fingerprint density at radius 2 is 2.00 bits per heavy atom. The van der Waals surface area contributed by atoms with Gasteiger partial charge in [-0.3, -0.25) is 9.48 Å². The minimum absolute atomic E-state index is 0.0841. The molecule has 0 aliphatic heterocycles. The van der Waals surface area contributed by atoms with Gasteiger partial charge >= 0.3 is 6.36 Å². The monoisotopic (exact) mass is 298 g/mol. The number of alkyl halides is 3. The standard InChI is InChI=1S/C14H13F3N2O2/c1-9(2)19-12(5-6-18-19)10-3-4-13(11(7-10)8-20)21-14(15,16)17/h3-9H,1-2H3. The lowest BCUT2D eigenvalue weighted by Gasteiger charge is -2.14. The van der Waals surface area contributed by atoms with Crippen LogP contribution in [0.5, 0.6) is 5.75 Å². The van der Waals surface area contributed by atoms with Crippen molar-refractivity contribution >= 4 is 6.29 Å². The van der Waals surface area contributed by atoms with Gasteiger partial charge in [-0.15, -0.1) is 13.2 Å². The van der Waals surface area contributed by atoms with Crippen molar-refractivity contribution in [3.63, 3.8) is 0 Å². The van der Waals surface area contributed by atoms with Gasteiger partial charge in [0.15, 0.2) is 6.29 Å². The molecule has 0 atom stereocenters. The van der Waals surface area contributed by atoms with Crippen molar-refractivity contribution in [3.05, 3.63) is 36.0 Å². The summed E-state index contributed by atoms with van der Waals surface area (Å²) in [5.74, 6) is -0.517. The molecule has 1 aromatic heterocycles. The predicted molar refractivity (Wildman–Crippen MR) is 70.1 cm³/mol. The zero-order valence-electron chi connectivity index (χ0n) is 11.4. The highest BCUT2D eigenvalue weighted by Gasteiger charge is 2.32. The Hall–Kier alpha value is -2.31. The van der Waals surface area contributed by atoms with Crippen molar-refractivity contribution in [2.45, 2.75) is 26.3 Å². The van der Waals surface area contributed by atoms with Crippen LogP contribution in [0.4, 0.5) is 13.2 Å². The van der Waals surface area contributed by atoms with Crippen LogP contribution >= 0.6 is 0 Å². The first-order chi connectivity index (χ1) is 9.81. The summed E-state index contributed by atoms with van der Waals surface area (Å²) in [5.41, 5.74) is 1.14. The Balaban J connectivity index is 2.44. The van der Waals surface area contributed by atoms with Gasteiger partial charge in [0.05, 0.1) is 11.3 Å². The first-order valence-corrected chi connectivity index (χ1v) is 6.20. The van der Waals surface area contributed by atoms with Crippen molar-refractivity contribution in [2.75, 3.05) is 0 Å². The van der Waals surface area contributed by atoms with Crippen LogP contribution in [-0.4, -0.2) is 22.4 Å². The Labute approximate surface area is 119 Å². The molecule has 112 valence electrons. The molecule has 0 aliphatic carbocycles. The zero-order chi connectivity index (χ0) is 15.6. The Morgan fingerprint density at radius 1 is 1.29 bits per heavy atom. The molecule has 21 heavy (non-hydrogen) atoms. The highest BCUT2D eigenvalue weighted by atomic mass is 19.4. The first kappa shape index (κ1) is 15.1. The van der Waals surface area contributed by atoms with Crippen molar-refractivity contribution in [1.29, 1.82) is 0 Å².